The van der Waals surface area contributed by atoms with E-state index in [1.54, 1.807) is 0 Å². The molecule has 0 spiro atoms. The van der Waals surface area contributed by atoms with Gasteiger partial charge in [0.2, 0.25) is 0 Å². The van der Waals surface area contributed by atoms with Crippen LogP contribution >= 0.6 is 0 Å². The van der Waals surface area contributed by atoms with Crippen molar-refractivity contribution in [3.05, 3.63) is 241 Å². The van der Waals surface area contributed by atoms with E-state index < -0.39 is 6.17 Å². The number of nitrogens with zero attached hydrogens (tertiary/aromatic N) is 4. The van der Waals surface area contributed by atoms with Gasteiger partial charge in [-0.2, -0.15) is 0 Å². The molecule has 69 heavy (non-hydrogen) atoms. The van der Waals surface area contributed by atoms with Gasteiger partial charge < -0.3 is 18.9 Å². The summed E-state index contributed by atoms with van der Waals surface area (Å²) in [5.41, 5.74) is 11.1. The Kier molecular flexibility index (Phi) is 8.03. The molecule has 4 heterocycles. The zero-order valence-corrected chi connectivity index (χ0v) is 37.1. The Morgan fingerprint density at radius 2 is 1.00 bits per heavy atom. The molecule has 6 nitrogen and oxygen atoms in total. The fourth-order valence-electron chi connectivity index (χ4n) is 11.1. The van der Waals surface area contributed by atoms with Gasteiger partial charge in [0, 0.05) is 43.7 Å². The molecular weight excluding hydrogens is 843 g/mol. The molecule has 6 heteroatoms. The van der Waals surface area contributed by atoms with Crippen LogP contribution in [0.15, 0.2) is 239 Å². The fraction of sp³-hybridized carbons (Fsp3) is 0.0159. The Hall–Kier alpha value is -9.26. The van der Waals surface area contributed by atoms with Gasteiger partial charge in [-0.3, -0.25) is 0 Å². The van der Waals surface area contributed by atoms with Crippen molar-refractivity contribution in [1.29, 1.82) is 0 Å². The van der Waals surface area contributed by atoms with Gasteiger partial charge in [-0.25, -0.2) is 9.98 Å². The molecule has 15 rings (SSSR count). The summed E-state index contributed by atoms with van der Waals surface area (Å²) in [5.74, 6) is 1.37. The van der Waals surface area contributed by atoms with E-state index in [4.69, 9.17) is 14.4 Å². The second kappa shape index (κ2) is 14.6. The normalized spacial score (nSPS) is 14.2. The van der Waals surface area contributed by atoms with Gasteiger partial charge in [-0.15, -0.1) is 0 Å². The van der Waals surface area contributed by atoms with Crippen molar-refractivity contribution in [2.75, 3.05) is 0 Å². The Morgan fingerprint density at radius 3 is 1.78 bits per heavy atom. The van der Waals surface area contributed by atoms with E-state index in [2.05, 4.69) is 239 Å². The lowest BCUT2D eigenvalue weighted by Gasteiger charge is -2.25. The predicted octanol–water partition coefficient (Wildman–Crippen LogP) is 15.7. The summed E-state index contributed by atoms with van der Waals surface area (Å²) in [5, 5.41) is 17.7. The average molecular weight is 882 g/mol. The van der Waals surface area contributed by atoms with Crippen LogP contribution in [0.4, 0.5) is 0 Å². The topological polar surface area (TPSA) is 59.8 Å². The molecule has 14 aromatic rings. The van der Waals surface area contributed by atoms with Crippen LogP contribution in [0.25, 0.3) is 109 Å². The number of aliphatic imine (C=N–C) groups is 2. The Labute approximate surface area is 395 Å². The van der Waals surface area contributed by atoms with E-state index >= 15 is 0 Å². The van der Waals surface area contributed by atoms with E-state index in [0.717, 1.165) is 99.5 Å². The summed E-state index contributed by atoms with van der Waals surface area (Å²) in [6.45, 7) is 0. The summed E-state index contributed by atoms with van der Waals surface area (Å²) >= 11 is 0. The second-order valence-electron chi connectivity index (χ2n) is 18.2. The first-order valence-corrected chi connectivity index (χ1v) is 23.5. The number of furan rings is 1. The third-order valence-corrected chi connectivity index (χ3v) is 14.3. The Morgan fingerprint density at radius 1 is 0.406 bits per heavy atom. The quantitative estimate of drug-likeness (QED) is 0.187. The van der Waals surface area contributed by atoms with Gasteiger partial charge >= 0.3 is 0 Å². The molecule has 0 radical (unpaired) electrons. The lowest BCUT2D eigenvalue weighted by Crippen LogP contribution is -2.33. The number of amidine groups is 2. The summed E-state index contributed by atoms with van der Waals surface area (Å²) in [4.78, 5) is 11.1. The maximum Gasteiger partial charge on any atom is 0.159 e. The first-order chi connectivity index (χ1) is 34.2. The highest BCUT2D eigenvalue weighted by Gasteiger charge is 2.27. The monoisotopic (exact) mass is 881 g/mol. The molecule has 1 aliphatic rings. The van der Waals surface area contributed by atoms with Crippen molar-refractivity contribution < 1.29 is 4.42 Å². The summed E-state index contributed by atoms with van der Waals surface area (Å²) < 4.78 is 11.8. The third-order valence-electron chi connectivity index (χ3n) is 14.3. The molecule has 1 atom stereocenters. The molecule has 1 N–H and O–H groups in total. The highest BCUT2D eigenvalue weighted by atomic mass is 16.3. The van der Waals surface area contributed by atoms with Crippen molar-refractivity contribution in [1.82, 2.24) is 14.5 Å². The number of rotatable bonds is 5. The zero-order chi connectivity index (χ0) is 45.2. The number of benzene rings is 11. The first-order valence-electron chi connectivity index (χ1n) is 23.5. The molecule has 0 saturated heterocycles. The number of hydrogen-bond donors (Lipinski definition) is 1. The molecule has 0 aliphatic carbocycles. The number of para-hydroxylation sites is 3. The molecule has 1 aliphatic heterocycles. The highest BCUT2D eigenvalue weighted by Crippen LogP contribution is 2.42. The molecule has 0 saturated carbocycles. The highest BCUT2D eigenvalue weighted by molar-refractivity contribution is 6.22. The SMILES string of the molecule is c1ccc(-n2c3ccccc3c3ccc(C4N=C(c5cc(-n6c7ccccc7c7cc8ccccc8cc76)c6c(c5)oc5cc7ccccc7cc56)N=C(c5cccc6ccccc56)N4)cc32)cc1. The van der Waals surface area contributed by atoms with Crippen LogP contribution in [-0.2, 0) is 0 Å². The molecular formula is C63H39N5O. The molecule has 0 fully saturated rings. The van der Waals surface area contributed by atoms with Crippen LogP contribution in [-0.4, -0.2) is 20.8 Å². The van der Waals surface area contributed by atoms with Gasteiger partial charge in [0.25, 0.3) is 0 Å². The van der Waals surface area contributed by atoms with Gasteiger partial charge in [-0.05, 0) is 105 Å². The maximum absolute atomic E-state index is 7.00. The van der Waals surface area contributed by atoms with Crippen molar-refractivity contribution >= 4 is 110 Å². The van der Waals surface area contributed by atoms with Gasteiger partial charge in [0.15, 0.2) is 5.84 Å². The summed E-state index contributed by atoms with van der Waals surface area (Å²) in [6.07, 6.45) is -0.474. The number of aromatic nitrogens is 2. The third kappa shape index (κ3) is 5.79. The predicted molar refractivity (Wildman–Crippen MR) is 287 cm³/mol. The van der Waals surface area contributed by atoms with E-state index in [1.807, 2.05) is 0 Å². The minimum Gasteiger partial charge on any atom is -0.456 e. The minimum atomic E-state index is -0.474. The maximum atomic E-state index is 7.00. The number of fused-ring (bicyclic) bond motifs is 12. The second-order valence-corrected chi connectivity index (χ2v) is 18.2. The van der Waals surface area contributed by atoms with Crippen LogP contribution in [0.1, 0.15) is 22.9 Å². The minimum absolute atomic E-state index is 0.474. The Bertz CT molecular complexity index is 4530. The first kappa shape index (κ1) is 37.9. The van der Waals surface area contributed by atoms with Crippen molar-refractivity contribution in [3.63, 3.8) is 0 Å². The molecule has 0 bridgehead atoms. The fourth-order valence-corrected chi connectivity index (χ4v) is 11.1. The molecule has 0 amide bonds. The summed E-state index contributed by atoms with van der Waals surface area (Å²) in [6, 6.07) is 80.4. The van der Waals surface area contributed by atoms with Crippen molar-refractivity contribution in [2.24, 2.45) is 9.98 Å². The van der Waals surface area contributed by atoms with Crippen LogP contribution in [0.5, 0.6) is 0 Å². The van der Waals surface area contributed by atoms with Crippen LogP contribution in [0.3, 0.4) is 0 Å². The Balaban J connectivity index is 1.02. The van der Waals surface area contributed by atoms with E-state index in [9.17, 15) is 0 Å². The van der Waals surface area contributed by atoms with Crippen LogP contribution in [0.2, 0.25) is 0 Å². The average Bonchev–Trinajstić information content (AvgIpc) is 4.06. The number of hydrogen-bond acceptors (Lipinski definition) is 4. The zero-order valence-electron chi connectivity index (χ0n) is 37.1. The van der Waals surface area contributed by atoms with Gasteiger partial charge in [0.05, 0.1) is 33.1 Å². The summed E-state index contributed by atoms with van der Waals surface area (Å²) in [7, 11) is 0. The smallest absolute Gasteiger partial charge is 0.159 e. The molecule has 3 aromatic heterocycles. The van der Waals surface area contributed by atoms with Gasteiger partial charge in [0.1, 0.15) is 23.2 Å². The molecule has 322 valence electrons. The van der Waals surface area contributed by atoms with E-state index in [0.29, 0.717) is 5.84 Å². The van der Waals surface area contributed by atoms with E-state index in [1.165, 1.54) is 32.3 Å². The van der Waals surface area contributed by atoms with Gasteiger partial charge in [-0.1, -0.05) is 158 Å². The van der Waals surface area contributed by atoms with Crippen molar-refractivity contribution in [2.45, 2.75) is 6.17 Å². The van der Waals surface area contributed by atoms with Crippen LogP contribution in [0, 0.1) is 0 Å². The largest absolute Gasteiger partial charge is 0.456 e. The standard InChI is InChI=1S/C63H39N5O/c1-2-21-45(22-3-1)67-53-27-12-10-24-47(53)49-30-29-43(34-55(49)67)61-64-62(66-63(65-61)50-26-14-20-38-15-8-9-23-46(38)50)44-35-57(60-52-32-40-17-5-7-19-42(40)36-58(52)69-59(60)37-44)68-54-28-13-11-25-48(54)51-31-39-16-4-6-18-41(39)33-56(51)68/h1-37,61H,(H,64,65,66). The number of nitrogens with one attached hydrogen (secondary N) is 1. The lowest BCUT2D eigenvalue weighted by atomic mass is 10.0. The van der Waals surface area contributed by atoms with Crippen LogP contribution < -0.4 is 5.32 Å². The molecule has 1 unspecified atom stereocenters. The van der Waals surface area contributed by atoms with Crippen molar-refractivity contribution in [3.8, 4) is 11.4 Å². The molecule has 11 aromatic carbocycles. The lowest BCUT2D eigenvalue weighted by molar-refractivity contribution is 0.668. The van der Waals surface area contributed by atoms with E-state index in [-0.39, 0.29) is 0 Å².